The molecule has 0 saturated carbocycles. The first-order valence-corrected chi connectivity index (χ1v) is 8.58. The lowest BCUT2D eigenvalue weighted by Crippen LogP contribution is -2.56. The molecule has 2 atom stereocenters. The van der Waals surface area contributed by atoms with Gasteiger partial charge >= 0.3 is 0 Å². The zero-order valence-electron chi connectivity index (χ0n) is 15.2. The van der Waals surface area contributed by atoms with Gasteiger partial charge in [0.1, 0.15) is 6.04 Å². The third kappa shape index (κ3) is 6.90. The minimum Gasteiger partial charge on any atom is -0.383 e. The monoisotopic (exact) mass is 398 g/mol. The van der Waals surface area contributed by atoms with Gasteiger partial charge in [0.2, 0.25) is 11.8 Å². The van der Waals surface area contributed by atoms with Gasteiger partial charge in [-0.3, -0.25) is 14.5 Å². The van der Waals surface area contributed by atoms with E-state index in [2.05, 4.69) is 11.8 Å². The number of amides is 2. The van der Waals surface area contributed by atoms with Gasteiger partial charge in [-0.05, 0) is 26.2 Å². The molecule has 25 heavy (non-hydrogen) atoms. The molecule has 0 bridgehead atoms. The van der Waals surface area contributed by atoms with E-state index in [1.807, 2.05) is 4.90 Å². The fraction of sp³-hybridized carbons (Fsp3) is 0.875. The highest BCUT2D eigenvalue weighted by Gasteiger charge is 2.28. The standard InChI is InChI=1S/C16H30N4O3.2ClH/c1-13-5-3-4-6-20(13)15(21)11-18-7-9-19(10-8-18)16(22)14(17)12-23-2;;/h13-14H,3-12,17H2,1-2H3;2*1H. The number of piperazine rings is 1. The van der Waals surface area contributed by atoms with E-state index in [4.69, 9.17) is 10.5 Å². The summed E-state index contributed by atoms with van der Waals surface area (Å²) in [6.45, 7) is 6.40. The van der Waals surface area contributed by atoms with Gasteiger partial charge in [0.25, 0.3) is 0 Å². The minimum absolute atomic E-state index is 0. The van der Waals surface area contributed by atoms with E-state index in [1.165, 1.54) is 13.5 Å². The molecule has 9 heteroatoms. The van der Waals surface area contributed by atoms with Gasteiger partial charge in [-0.1, -0.05) is 0 Å². The Hall–Kier alpha value is -0.600. The molecule has 2 unspecified atom stereocenters. The number of carbonyl (C=O) groups excluding carboxylic acids is 2. The Morgan fingerprint density at radius 3 is 2.32 bits per heavy atom. The van der Waals surface area contributed by atoms with E-state index in [0.29, 0.717) is 25.7 Å². The molecule has 2 aliphatic rings. The Kier molecular flexibility index (Phi) is 11.6. The topological polar surface area (TPSA) is 79.1 Å². The van der Waals surface area contributed by atoms with Crippen LogP contribution in [0, 0.1) is 0 Å². The highest BCUT2D eigenvalue weighted by molar-refractivity contribution is 5.85. The van der Waals surface area contributed by atoms with Gasteiger partial charge in [0, 0.05) is 45.9 Å². The Balaban J connectivity index is 0.00000288. The maximum absolute atomic E-state index is 12.5. The second-order valence-corrected chi connectivity index (χ2v) is 6.60. The predicted octanol–water partition coefficient (Wildman–Crippen LogP) is 0.349. The van der Waals surface area contributed by atoms with Crippen molar-refractivity contribution in [2.24, 2.45) is 5.73 Å². The molecule has 2 fully saturated rings. The van der Waals surface area contributed by atoms with Gasteiger partial charge in [-0.25, -0.2) is 0 Å². The molecule has 0 aromatic carbocycles. The zero-order valence-corrected chi connectivity index (χ0v) is 16.8. The normalized spacial score (nSPS) is 22.6. The summed E-state index contributed by atoms with van der Waals surface area (Å²) in [7, 11) is 1.54. The fourth-order valence-electron chi connectivity index (χ4n) is 3.36. The third-order valence-corrected chi connectivity index (χ3v) is 4.83. The molecule has 2 saturated heterocycles. The summed E-state index contributed by atoms with van der Waals surface area (Å²) >= 11 is 0. The number of carbonyl (C=O) groups is 2. The molecule has 0 aromatic heterocycles. The lowest BCUT2D eigenvalue weighted by Gasteiger charge is -2.38. The first kappa shape index (κ1) is 24.4. The van der Waals surface area contributed by atoms with E-state index in [0.717, 1.165) is 32.5 Å². The van der Waals surface area contributed by atoms with Crippen molar-refractivity contribution in [3.63, 3.8) is 0 Å². The predicted molar refractivity (Wildman–Crippen MR) is 102 cm³/mol. The Labute approximate surface area is 163 Å². The maximum Gasteiger partial charge on any atom is 0.241 e. The van der Waals surface area contributed by atoms with Crippen molar-refractivity contribution in [1.82, 2.24) is 14.7 Å². The van der Waals surface area contributed by atoms with Crippen LogP contribution in [-0.4, -0.2) is 91.6 Å². The van der Waals surface area contributed by atoms with E-state index in [1.54, 1.807) is 4.90 Å². The fourth-order valence-corrected chi connectivity index (χ4v) is 3.36. The van der Waals surface area contributed by atoms with Gasteiger partial charge in [0.05, 0.1) is 13.2 Å². The van der Waals surface area contributed by atoms with Crippen molar-refractivity contribution >= 4 is 36.6 Å². The number of piperidine rings is 1. The highest BCUT2D eigenvalue weighted by atomic mass is 35.5. The van der Waals surface area contributed by atoms with Crippen molar-refractivity contribution < 1.29 is 14.3 Å². The van der Waals surface area contributed by atoms with Gasteiger partial charge in [0.15, 0.2) is 0 Å². The number of rotatable bonds is 5. The number of likely N-dealkylation sites (tertiary alicyclic amines) is 1. The number of nitrogens with two attached hydrogens (primary N) is 1. The average Bonchev–Trinajstić information content (AvgIpc) is 2.55. The highest BCUT2D eigenvalue weighted by Crippen LogP contribution is 2.17. The van der Waals surface area contributed by atoms with Crippen LogP contribution in [-0.2, 0) is 14.3 Å². The summed E-state index contributed by atoms with van der Waals surface area (Å²) in [6, 6.07) is -0.242. The lowest BCUT2D eigenvalue weighted by atomic mass is 10.0. The molecule has 2 amide bonds. The van der Waals surface area contributed by atoms with E-state index >= 15 is 0 Å². The van der Waals surface area contributed by atoms with Crippen molar-refractivity contribution in [2.45, 2.75) is 38.3 Å². The van der Waals surface area contributed by atoms with Crippen LogP contribution in [0.5, 0.6) is 0 Å². The molecule has 0 radical (unpaired) electrons. The molecular weight excluding hydrogens is 367 g/mol. The third-order valence-electron chi connectivity index (χ3n) is 4.83. The second kappa shape index (κ2) is 11.9. The molecule has 7 nitrogen and oxygen atoms in total. The van der Waals surface area contributed by atoms with E-state index < -0.39 is 6.04 Å². The number of ether oxygens (including phenoxy) is 1. The molecule has 0 spiro atoms. The summed E-state index contributed by atoms with van der Waals surface area (Å²) in [4.78, 5) is 30.5. The summed E-state index contributed by atoms with van der Waals surface area (Å²) in [5.41, 5.74) is 5.80. The van der Waals surface area contributed by atoms with E-state index in [-0.39, 0.29) is 43.2 Å². The molecule has 148 valence electrons. The Bertz CT molecular complexity index is 420. The van der Waals surface area contributed by atoms with Crippen LogP contribution in [0.25, 0.3) is 0 Å². The van der Waals surface area contributed by atoms with Gasteiger partial charge in [-0.15, -0.1) is 24.8 Å². The molecule has 2 aliphatic heterocycles. The van der Waals surface area contributed by atoms with Crippen LogP contribution in [0.4, 0.5) is 0 Å². The lowest BCUT2D eigenvalue weighted by molar-refractivity contribution is -0.138. The molecule has 2 heterocycles. The average molecular weight is 399 g/mol. The summed E-state index contributed by atoms with van der Waals surface area (Å²) < 4.78 is 4.93. The summed E-state index contributed by atoms with van der Waals surface area (Å²) in [5.74, 6) is 0.149. The SMILES string of the molecule is COCC(N)C(=O)N1CCN(CC(=O)N2CCCCC2C)CC1.Cl.Cl. The number of nitrogens with zero attached hydrogens (tertiary/aromatic N) is 3. The maximum atomic E-state index is 12.5. The Morgan fingerprint density at radius 2 is 1.76 bits per heavy atom. The minimum atomic E-state index is -0.595. The largest absolute Gasteiger partial charge is 0.383 e. The van der Waals surface area contributed by atoms with Crippen LogP contribution in [0.2, 0.25) is 0 Å². The smallest absolute Gasteiger partial charge is 0.241 e. The van der Waals surface area contributed by atoms with Crippen LogP contribution >= 0.6 is 24.8 Å². The van der Waals surface area contributed by atoms with Gasteiger partial charge < -0.3 is 20.3 Å². The molecule has 2 rings (SSSR count). The molecular formula is C16H32Cl2N4O3. The number of hydrogen-bond donors (Lipinski definition) is 1. The van der Waals surface area contributed by atoms with Crippen molar-refractivity contribution in [3.05, 3.63) is 0 Å². The van der Waals surface area contributed by atoms with Crippen molar-refractivity contribution in [1.29, 1.82) is 0 Å². The number of methoxy groups -OCH3 is 1. The van der Waals surface area contributed by atoms with Crippen molar-refractivity contribution in [2.75, 3.05) is 53.0 Å². The summed E-state index contributed by atoms with van der Waals surface area (Å²) in [5, 5.41) is 0. The molecule has 0 aliphatic carbocycles. The van der Waals surface area contributed by atoms with Crippen LogP contribution in [0.3, 0.4) is 0 Å². The number of halogens is 2. The quantitative estimate of drug-likeness (QED) is 0.722. The zero-order chi connectivity index (χ0) is 16.8. The van der Waals surface area contributed by atoms with Crippen molar-refractivity contribution in [3.8, 4) is 0 Å². The molecule has 2 N–H and O–H groups in total. The Morgan fingerprint density at radius 1 is 1.12 bits per heavy atom. The van der Waals surface area contributed by atoms with Crippen LogP contribution in [0.1, 0.15) is 26.2 Å². The molecule has 0 aromatic rings. The first-order valence-electron chi connectivity index (χ1n) is 8.58. The van der Waals surface area contributed by atoms with Crippen LogP contribution < -0.4 is 5.73 Å². The van der Waals surface area contributed by atoms with Crippen LogP contribution in [0.15, 0.2) is 0 Å². The summed E-state index contributed by atoms with van der Waals surface area (Å²) in [6.07, 6.45) is 3.43. The first-order chi connectivity index (χ1) is 11.0. The van der Waals surface area contributed by atoms with Gasteiger partial charge in [-0.2, -0.15) is 0 Å². The number of hydrogen-bond acceptors (Lipinski definition) is 5. The second-order valence-electron chi connectivity index (χ2n) is 6.60. The van der Waals surface area contributed by atoms with E-state index in [9.17, 15) is 9.59 Å².